The number of carbonyl (C=O) groups is 1. The highest BCUT2D eigenvalue weighted by atomic mass is 35.5. The van der Waals surface area contributed by atoms with E-state index in [2.05, 4.69) is 10.3 Å². The second-order valence-corrected chi connectivity index (χ2v) is 8.65. The molecule has 0 unspecified atom stereocenters. The van der Waals surface area contributed by atoms with E-state index in [-0.39, 0.29) is 29.9 Å². The summed E-state index contributed by atoms with van der Waals surface area (Å²) in [6, 6.07) is 15.7. The number of rotatable bonds is 5. The summed E-state index contributed by atoms with van der Waals surface area (Å²) in [4.78, 5) is 31.0. The number of nitrogens with one attached hydrogen (secondary N) is 1. The maximum Gasteiger partial charge on any atom is 0.278 e. The van der Waals surface area contributed by atoms with E-state index in [4.69, 9.17) is 11.6 Å². The predicted octanol–water partition coefficient (Wildman–Crippen LogP) is 5.28. The third-order valence-corrected chi connectivity index (χ3v) is 6.16. The van der Waals surface area contributed by atoms with Crippen LogP contribution in [-0.2, 0) is 17.9 Å². The molecule has 0 radical (unpaired) electrons. The Morgan fingerprint density at radius 1 is 1.09 bits per heavy atom. The maximum absolute atomic E-state index is 14.1. The lowest BCUT2D eigenvalue weighted by Crippen LogP contribution is -2.25. The number of aryl methyl sites for hydroxylation is 1. The lowest BCUT2D eigenvalue weighted by Gasteiger charge is -2.11. The van der Waals surface area contributed by atoms with Gasteiger partial charge in [-0.2, -0.15) is 0 Å². The minimum Gasteiger partial charge on any atom is -0.325 e. The summed E-state index contributed by atoms with van der Waals surface area (Å²) < 4.78 is 30.3. The predicted molar refractivity (Wildman–Crippen MR) is 132 cm³/mol. The zero-order valence-electron chi connectivity index (χ0n) is 18.6. The van der Waals surface area contributed by atoms with Crippen LogP contribution in [0, 0.1) is 18.6 Å². The first kappa shape index (κ1) is 22.7. The molecular weight excluding hydrogens is 474 g/mol. The molecular formula is C26H19ClF2N4O2. The van der Waals surface area contributed by atoms with Gasteiger partial charge in [0.15, 0.2) is 0 Å². The Kier molecular flexibility index (Phi) is 5.82. The van der Waals surface area contributed by atoms with Gasteiger partial charge in [0, 0.05) is 16.5 Å². The molecule has 0 aliphatic heterocycles. The Morgan fingerprint density at radius 3 is 2.66 bits per heavy atom. The highest BCUT2D eigenvalue weighted by molar-refractivity contribution is 6.31. The molecule has 0 fully saturated rings. The monoisotopic (exact) mass is 492 g/mol. The van der Waals surface area contributed by atoms with Gasteiger partial charge in [-0.1, -0.05) is 41.4 Å². The van der Waals surface area contributed by atoms with Crippen molar-refractivity contribution in [3.05, 3.63) is 105 Å². The van der Waals surface area contributed by atoms with E-state index in [1.807, 2.05) is 37.3 Å². The topological polar surface area (TPSA) is 68.9 Å². The lowest BCUT2D eigenvalue weighted by molar-refractivity contribution is -0.116. The van der Waals surface area contributed by atoms with Gasteiger partial charge in [0.05, 0.1) is 24.1 Å². The number of amides is 1. The van der Waals surface area contributed by atoms with E-state index < -0.39 is 17.5 Å². The van der Waals surface area contributed by atoms with Crippen molar-refractivity contribution >= 4 is 45.1 Å². The van der Waals surface area contributed by atoms with E-state index in [9.17, 15) is 18.4 Å². The van der Waals surface area contributed by atoms with Crippen molar-refractivity contribution < 1.29 is 13.6 Å². The highest BCUT2D eigenvalue weighted by Gasteiger charge is 2.19. The van der Waals surface area contributed by atoms with E-state index in [0.29, 0.717) is 22.1 Å². The zero-order chi connectivity index (χ0) is 24.7. The van der Waals surface area contributed by atoms with Crippen LogP contribution in [0.5, 0.6) is 0 Å². The molecule has 5 rings (SSSR count). The number of fused-ring (bicyclic) bond motifs is 3. The third-order valence-electron chi connectivity index (χ3n) is 5.79. The second kappa shape index (κ2) is 8.96. The van der Waals surface area contributed by atoms with E-state index in [1.165, 1.54) is 10.9 Å². The summed E-state index contributed by atoms with van der Waals surface area (Å²) in [5, 5.41) is 3.70. The molecule has 3 aromatic carbocycles. The van der Waals surface area contributed by atoms with Gasteiger partial charge in [-0.15, -0.1) is 0 Å². The first-order valence-corrected chi connectivity index (χ1v) is 11.2. The van der Waals surface area contributed by atoms with E-state index in [1.54, 1.807) is 16.7 Å². The van der Waals surface area contributed by atoms with Crippen LogP contribution in [-0.4, -0.2) is 20.0 Å². The molecule has 0 spiro atoms. The average molecular weight is 493 g/mol. The number of hydrogen-bond acceptors (Lipinski definition) is 3. The standard InChI is InChI=1S/C26H19ClF2N4O2/c1-15-6-9-22-18(10-15)24-25(26(35)32(14-30-24)12-16-4-2-3-5-19(16)27)33(22)13-23(34)31-21-8-7-17(28)11-20(21)29/h2-11,14H,12-13H2,1H3,(H,31,34). The van der Waals surface area contributed by atoms with E-state index in [0.717, 1.165) is 28.6 Å². The molecule has 35 heavy (non-hydrogen) atoms. The normalized spacial score (nSPS) is 11.3. The van der Waals surface area contributed by atoms with Gasteiger partial charge in [0.1, 0.15) is 29.2 Å². The first-order valence-electron chi connectivity index (χ1n) is 10.8. The molecule has 1 N–H and O–H groups in total. The number of anilines is 1. The molecule has 0 saturated heterocycles. The summed E-state index contributed by atoms with van der Waals surface area (Å²) in [7, 11) is 0. The van der Waals surface area contributed by atoms with Gasteiger partial charge in [-0.25, -0.2) is 13.8 Å². The third kappa shape index (κ3) is 4.28. The molecule has 5 aromatic rings. The largest absolute Gasteiger partial charge is 0.325 e. The van der Waals surface area contributed by atoms with E-state index >= 15 is 0 Å². The fourth-order valence-corrected chi connectivity index (χ4v) is 4.32. The smallest absolute Gasteiger partial charge is 0.278 e. The molecule has 6 nitrogen and oxygen atoms in total. The summed E-state index contributed by atoms with van der Waals surface area (Å²) in [6.45, 7) is 1.85. The number of halogens is 3. The molecule has 1 amide bonds. The van der Waals surface area contributed by atoms with Crippen LogP contribution < -0.4 is 10.9 Å². The van der Waals surface area contributed by atoms with Crippen LogP contribution >= 0.6 is 11.6 Å². The Hall–Kier alpha value is -4.04. The van der Waals surface area contributed by atoms with Crippen LogP contribution in [0.3, 0.4) is 0 Å². The molecule has 2 heterocycles. The van der Waals surface area contributed by atoms with Crippen molar-refractivity contribution in [3.63, 3.8) is 0 Å². The van der Waals surface area contributed by atoms with Crippen LogP contribution in [0.1, 0.15) is 11.1 Å². The number of benzene rings is 3. The Labute approximate surface area is 203 Å². The van der Waals surface area contributed by atoms with Gasteiger partial charge >= 0.3 is 0 Å². The Morgan fingerprint density at radius 2 is 1.89 bits per heavy atom. The SMILES string of the molecule is Cc1ccc2c(c1)c1ncn(Cc3ccccc3Cl)c(=O)c1n2CC(=O)Nc1ccc(F)cc1F. The quantitative estimate of drug-likeness (QED) is 0.363. The van der Waals surface area contributed by atoms with Crippen molar-refractivity contribution in [1.82, 2.24) is 14.1 Å². The summed E-state index contributed by atoms with van der Waals surface area (Å²) >= 11 is 6.28. The van der Waals surface area contributed by atoms with Crippen molar-refractivity contribution in [3.8, 4) is 0 Å². The molecule has 0 bridgehead atoms. The number of carbonyl (C=O) groups excluding carboxylic acids is 1. The van der Waals surface area contributed by atoms with Gasteiger partial charge in [-0.3, -0.25) is 14.2 Å². The van der Waals surface area contributed by atoms with Crippen molar-refractivity contribution in [2.24, 2.45) is 0 Å². The van der Waals surface area contributed by atoms with Crippen molar-refractivity contribution in [2.75, 3.05) is 5.32 Å². The second-order valence-electron chi connectivity index (χ2n) is 8.25. The zero-order valence-corrected chi connectivity index (χ0v) is 19.3. The maximum atomic E-state index is 14.1. The molecule has 2 aromatic heterocycles. The highest BCUT2D eigenvalue weighted by Crippen LogP contribution is 2.27. The summed E-state index contributed by atoms with van der Waals surface area (Å²) in [5.74, 6) is -2.21. The minimum atomic E-state index is -0.889. The van der Waals surface area contributed by atoms with Crippen LogP contribution in [0.15, 0.2) is 71.8 Å². The van der Waals surface area contributed by atoms with Crippen LogP contribution in [0.25, 0.3) is 21.9 Å². The average Bonchev–Trinajstić information content (AvgIpc) is 3.12. The van der Waals surface area contributed by atoms with Crippen molar-refractivity contribution in [2.45, 2.75) is 20.0 Å². The van der Waals surface area contributed by atoms with Gasteiger partial charge in [-0.05, 0) is 42.8 Å². The minimum absolute atomic E-state index is 0.151. The fraction of sp³-hybridized carbons (Fsp3) is 0.115. The summed E-state index contributed by atoms with van der Waals surface area (Å²) in [6.07, 6.45) is 1.47. The molecule has 176 valence electrons. The van der Waals surface area contributed by atoms with Gasteiger partial charge in [0.2, 0.25) is 5.91 Å². The van der Waals surface area contributed by atoms with Crippen molar-refractivity contribution in [1.29, 1.82) is 0 Å². The van der Waals surface area contributed by atoms with Crippen LogP contribution in [0.2, 0.25) is 5.02 Å². The molecule has 0 atom stereocenters. The van der Waals surface area contributed by atoms with Crippen LogP contribution in [0.4, 0.5) is 14.5 Å². The Bertz CT molecular complexity index is 1680. The molecule has 0 aliphatic carbocycles. The molecule has 0 saturated carbocycles. The summed E-state index contributed by atoms with van der Waals surface area (Å²) in [5.41, 5.74) is 2.57. The van der Waals surface area contributed by atoms with Gasteiger partial charge < -0.3 is 9.88 Å². The molecule has 9 heteroatoms. The number of aromatic nitrogens is 3. The molecule has 0 aliphatic rings. The van der Waals surface area contributed by atoms with Gasteiger partial charge in [0.25, 0.3) is 5.56 Å². The Balaban J connectivity index is 1.61. The first-order chi connectivity index (χ1) is 16.8. The lowest BCUT2D eigenvalue weighted by atomic mass is 10.1. The fourth-order valence-electron chi connectivity index (χ4n) is 4.13. The number of hydrogen-bond donors (Lipinski definition) is 1. The number of nitrogens with zero attached hydrogens (tertiary/aromatic N) is 3.